The first-order chi connectivity index (χ1) is 7.77. The highest BCUT2D eigenvalue weighted by molar-refractivity contribution is 7.98. The van der Waals surface area contributed by atoms with E-state index in [4.69, 9.17) is 11.0 Å². The van der Waals surface area contributed by atoms with Crippen LogP contribution in [0.1, 0.15) is 18.4 Å². The first-order valence-corrected chi connectivity index (χ1v) is 6.55. The summed E-state index contributed by atoms with van der Waals surface area (Å²) < 4.78 is 0. The highest BCUT2D eigenvalue weighted by Gasteiger charge is 2.01. The summed E-state index contributed by atoms with van der Waals surface area (Å²) in [5.74, 6) is 1.85. The standard InChI is InChI=1S/C11H16N4S/c1-16-5-3-2-4-14-11-10(13)6-9(7-12)8-15-11/h6,8H,2-5,13H2,1H3,(H,14,15). The molecule has 0 fully saturated rings. The van der Waals surface area contributed by atoms with E-state index in [0.29, 0.717) is 17.1 Å². The summed E-state index contributed by atoms with van der Waals surface area (Å²) in [5.41, 5.74) is 6.78. The van der Waals surface area contributed by atoms with E-state index in [0.717, 1.165) is 13.0 Å². The number of hydrogen-bond acceptors (Lipinski definition) is 5. The first kappa shape index (κ1) is 12.7. The van der Waals surface area contributed by atoms with Crippen LogP contribution < -0.4 is 11.1 Å². The summed E-state index contributed by atoms with van der Waals surface area (Å²) in [6, 6.07) is 3.64. The van der Waals surface area contributed by atoms with Crippen LogP contribution in [-0.2, 0) is 0 Å². The van der Waals surface area contributed by atoms with Crippen molar-refractivity contribution in [1.82, 2.24) is 4.98 Å². The molecule has 16 heavy (non-hydrogen) atoms. The largest absolute Gasteiger partial charge is 0.396 e. The lowest BCUT2D eigenvalue weighted by molar-refractivity contribution is 0.840. The van der Waals surface area contributed by atoms with Crippen LogP contribution in [0.15, 0.2) is 12.3 Å². The summed E-state index contributed by atoms with van der Waals surface area (Å²) >= 11 is 1.85. The number of nitrogens with one attached hydrogen (secondary N) is 1. The molecule has 0 saturated carbocycles. The molecule has 5 heteroatoms. The van der Waals surface area contributed by atoms with Crippen LogP contribution in [0.5, 0.6) is 0 Å². The second-order valence-corrected chi connectivity index (χ2v) is 4.39. The second-order valence-electron chi connectivity index (χ2n) is 3.40. The molecule has 1 aromatic heterocycles. The van der Waals surface area contributed by atoms with Crippen LogP contribution in [0.2, 0.25) is 0 Å². The number of hydrogen-bond donors (Lipinski definition) is 2. The molecule has 0 amide bonds. The lowest BCUT2D eigenvalue weighted by atomic mass is 10.2. The lowest BCUT2D eigenvalue weighted by Crippen LogP contribution is -2.06. The molecule has 0 aliphatic rings. The van der Waals surface area contributed by atoms with Crippen molar-refractivity contribution in [3.63, 3.8) is 0 Å². The van der Waals surface area contributed by atoms with Gasteiger partial charge in [-0.3, -0.25) is 0 Å². The third-order valence-corrected chi connectivity index (χ3v) is 2.81. The molecule has 0 aliphatic heterocycles. The Morgan fingerprint density at radius 3 is 3.00 bits per heavy atom. The molecule has 0 saturated heterocycles. The van der Waals surface area contributed by atoms with E-state index in [2.05, 4.69) is 16.6 Å². The molecule has 3 N–H and O–H groups in total. The van der Waals surface area contributed by atoms with E-state index >= 15 is 0 Å². The van der Waals surface area contributed by atoms with E-state index in [9.17, 15) is 0 Å². The normalized spacial score (nSPS) is 9.75. The molecule has 0 radical (unpaired) electrons. The van der Waals surface area contributed by atoms with Gasteiger partial charge in [0.15, 0.2) is 0 Å². The Labute approximate surface area is 100 Å². The van der Waals surface area contributed by atoms with Crippen molar-refractivity contribution in [2.24, 2.45) is 0 Å². The van der Waals surface area contributed by atoms with Gasteiger partial charge in [-0.1, -0.05) is 0 Å². The predicted octanol–water partition coefficient (Wildman–Crippen LogP) is 2.09. The van der Waals surface area contributed by atoms with Gasteiger partial charge in [0.25, 0.3) is 0 Å². The van der Waals surface area contributed by atoms with Gasteiger partial charge in [-0.2, -0.15) is 17.0 Å². The van der Waals surface area contributed by atoms with Crippen LogP contribution in [0.25, 0.3) is 0 Å². The van der Waals surface area contributed by atoms with Crippen LogP contribution in [0.3, 0.4) is 0 Å². The zero-order valence-electron chi connectivity index (χ0n) is 9.36. The average Bonchev–Trinajstić information content (AvgIpc) is 2.30. The fraction of sp³-hybridized carbons (Fsp3) is 0.455. The summed E-state index contributed by atoms with van der Waals surface area (Å²) in [5, 5.41) is 11.8. The fourth-order valence-electron chi connectivity index (χ4n) is 1.27. The van der Waals surface area contributed by atoms with Gasteiger partial charge >= 0.3 is 0 Å². The highest BCUT2D eigenvalue weighted by Crippen LogP contribution is 2.15. The number of unbranched alkanes of at least 4 members (excludes halogenated alkanes) is 1. The fourth-order valence-corrected chi connectivity index (χ4v) is 1.76. The third kappa shape index (κ3) is 3.99. The quantitative estimate of drug-likeness (QED) is 0.740. The number of nitrogen functional groups attached to an aromatic ring is 1. The summed E-state index contributed by atoms with van der Waals surface area (Å²) in [7, 11) is 0. The monoisotopic (exact) mass is 236 g/mol. The maximum absolute atomic E-state index is 8.66. The van der Waals surface area contributed by atoms with Crippen LogP contribution in [0, 0.1) is 11.3 Å². The molecule has 0 atom stereocenters. The smallest absolute Gasteiger partial charge is 0.149 e. The van der Waals surface area contributed by atoms with Crippen molar-refractivity contribution >= 4 is 23.3 Å². The summed E-state index contributed by atoms with van der Waals surface area (Å²) in [4.78, 5) is 4.10. The molecule has 1 rings (SSSR count). The number of aromatic nitrogens is 1. The molecule has 0 aliphatic carbocycles. The number of thioether (sulfide) groups is 1. The molecule has 0 spiro atoms. The molecule has 0 unspecified atom stereocenters. The number of nitrogens with zero attached hydrogens (tertiary/aromatic N) is 2. The molecular formula is C11H16N4S. The number of nitrogens with two attached hydrogens (primary N) is 1. The Morgan fingerprint density at radius 1 is 1.56 bits per heavy atom. The van der Waals surface area contributed by atoms with Gasteiger partial charge < -0.3 is 11.1 Å². The lowest BCUT2D eigenvalue weighted by Gasteiger charge is -2.07. The van der Waals surface area contributed by atoms with E-state index in [1.807, 2.05) is 17.8 Å². The van der Waals surface area contributed by atoms with Gasteiger partial charge in [-0.15, -0.1) is 0 Å². The minimum Gasteiger partial charge on any atom is -0.396 e. The molecule has 1 aromatic rings. The Kier molecular flexibility index (Phi) is 5.51. The van der Waals surface area contributed by atoms with Crippen LogP contribution >= 0.6 is 11.8 Å². The van der Waals surface area contributed by atoms with E-state index < -0.39 is 0 Å². The molecular weight excluding hydrogens is 220 g/mol. The van der Waals surface area contributed by atoms with E-state index in [1.165, 1.54) is 18.4 Å². The van der Waals surface area contributed by atoms with Crippen molar-refractivity contribution in [1.29, 1.82) is 5.26 Å². The van der Waals surface area contributed by atoms with E-state index in [-0.39, 0.29) is 0 Å². The molecule has 86 valence electrons. The van der Waals surface area contributed by atoms with Crippen molar-refractivity contribution in [2.45, 2.75) is 12.8 Å². The minimum absolute atomic E-state index is 0.491. The zero-order chi connectivity index (χ0) is 11.8. The Bertz CT molecular complexity index is 373. The van der Waals surface area contributed by atoms with Crippen LogP contribution in [0.4, 0.5) is 11.5 Å². The molecule has 4 nitrogen and oxygen atoms in total. The summed E-state index contributed by atoms with van der Waals surface area (Å²) in [6.07, 6.45) is 5.92. The SMILES string of the molecule is CSCCCCNc1ncc(C#N)cc1N. The number of pyridine rings is 1. The highest BCUT2D eigenvalue weighted by atomic mass is 32.2. The Balaban J connectivity index is 2.40. The Hall–Kier alpha value is -1.41. The predicted molar refractivity (Wildman–Crippen MR) is 69.5 cm³/mol. The van der Waals surface area contributed by atoms with Gasteiger partial charge in [0.1, 0.15) is 11.9 Å². The number of nitriles is 1. The zero-order valence-corrected chi connectivity index (χ0v) is 10.2. The van der Waals surface area contributed by atoms with Gasteiger partial charge in [0, 0.05) is 12.7 Å². The van der Waals surface area contributed by atoms with Gasteiger partial charge in [0.2, 0.25) is 0 Å². The molecule has 1 heterocycles. The van der Waals surface area contributed by atoms with Gasteiger partial charge in [0.05, 0.1) is 11.3 Å². The second kappa shape index (κ2) is 6.96. The van der Waals surface area contributed by atoms with Crippen LogP contribution in [-0.4, -0.2) is 23.5 Å². The Morgan fingerprint density at radius 2 is 2.38 bits per heavy atom. The number of rotatable bonds is 6. The van der Waals surface area contributed by atoms with E-state index in [1.54, 1.807) is 6.07 Å². The molecule has 0 aromatic carbocycles. The average molecular weight is 236 g/mol. The van der Waals surface area contributed by atoms with Crippen molar-refractivity contribution in [3.8, 4) is 6.07 Å². The summed E-state index contributed by atoms with van der Waals surface area (Å²) in [6.45, 7) is 0.865. The van der Waals surface area contributed by atoms with Gasteiger partial charge in [-0.25, -0.2) is 4.98 Å². The van der Waals surface area contributed by atoms with Crippen molar-refractivity contribution in [2.75, 3.05) is 29.6 Å². The van der Waals surface area contributed by atoms with Crippen molar-refractivity contribution < 1.29 is 0 Å². The maximum atomic E-state index is 8.66. The maximum Gasteiger partial charge on any atom is 0.149 e. The topological polar surface area (TPSA) is 74.7 Å². The van der Waals surface area contributed by atoms with Gasteiger partial charge in [-0.05, 0) is 30.9 Å². The number of anilines is 2. The third-order valence-electron chi connectivity index (χ3n) is 2.11. The minimum atomic E-state index is 0.491. The first-order valence-electron chi connectivity index (χ1n) is 5.16. The van der Waals surface area contributed by atoms with Crippen molar-refractivity contribution in [3.05, 3.63) is 17.8 Å². The molecule has 0 bridgehead atoms.